The summed E-state index contributed by atoms with van der Waals surface area (Å²) >= 11 is 0. The van der Waals surface area contributed by atoms with Crippen molar-refractivity contribution in [3.05, 3.63) is 23.8 Å². The van der Waals surface area contributed by atoms with Crippen molar-refractivity contribution in [1.29, 1.82) is 0 Å². The summed E-state index contributed by atoms with van der Waals surface area (Å²) in [6.07, 6.45) is -0.939. The fourth-order valence-corrected chi connectivity index (χ4v) is 2.29. The molecule has 1 aromatic rings. The normalized spacial score (nSPS) is 21.2. The van der Waals surface area contributed by atoms with E-state index in [1.54, 1.807) is 12.1 Å². The zero-order valence-corrected chi connectivity index (χ0v) is 11.3. The van der Waals surface area contributed by atoms with E-state index in [1.807, 2.05) is 13.8 Å². The molecule has 2 rings (SSSR count). The molecule has 1 aromatic carbocycles. The highest BCUT2D eigenvalue weighted by molar-refractivity contribution is 7.87. The summed E-state index contributed by atoms with van der Waals surface area (Å²) in [6.45, 7) is 5.16. The van der Waals surface area contributed by atoms with E-state index in [2.05, 4.69) is 0 Å². The van der Waals surface area contributed by atoms with Crippen molar-refractivity contribution in [3.8, 4) is 11.5 Å². The van der Waals surface area contributed by atoms with Crippen molar-refractivity contribution < 1.29 is 22.4 Å². The van der Waals surface area contributed by atoms with E-state index in [1.165, 1.54) is 13.0 Å². The third kappa shape index (κ3) is 2.18. The van der Waals surface area contributed by atoms with Crippen LogP contribution in [0.25, 0.3) is 0 Å². The minimum atomic E-state index is -3.54. The van der Waals surface area contributed by atoms with Crippen molar-refractivity contribution in [2.45, 2.75) is 32.5 Å². The summed E-state index contributed by atoms with van der Waals surface area (Å²) in [5.41, 5.74) is 0.142. The van der Waals surface area contributed by atoms with Crippen LogP contribution in [0.2, 0.25) is 0 Å². The van der Waals surface area contributed by atoms with E-state index in [4.69, 9.17) is 8.92 Å². The number of fused-ring (bicyclic) bond motifs is 1. The first-order valence-electron chi connectivity index (χ1n) is 5.67. The maximum atomic E-state index is 11.4. The molecule has 0 spiro atoms. The molecule has 5 nitrogen and oxygen atoms in total. The largest absolute Gasteiger partial charge is 0.464 e. The van der Waals surface area contributed by atoms with Crippen molar-refractivity contribution in [3.63, 3.8) is 0 Å². The van der Waals surface area contributed by atoms with Gasteiger partial charge in [0.15, 0.2) is 0 Å². The summed E-state index contributed by atoms with van der Waals surface area (Å²) in [4.78, 5) is 0. The summed E-state index contributed by atoms with van der Waals surface area (Å²) in [7, 11) is -3.54. The minimum absolute atomic E-state index is 0.0907. The van der Waals surface area contributed by atoms with Gasteiger partial charge in [0.1, 0.15) is 11.5 Å². The Bertz CT molecular complexity index is 562. The topological polar surface area (TPSA) is 72.8 Å². The van der Waals surface area contributed by atoms with Gasteiger partial charge in [-0.2, -0.15) is 8.42 Å². The van der Waals surface area contributed by atoms with Gasteiger partial charge in [-0.05, 0) is 39.0 Å². The Morgan fingerprint density at radius 3 is 2.72 bits per heavy atom. The molecule has 1 heterocycles. The SMILES string of the molecule is CCS(=O)(=O)Oc1ccc2c(c1)C(C)(C)C(O)O2. The van der Waals surface area contributed by atoms with E-state index in [-0.39, 0.29) is 11.5 Å². The molecule has 0 amide bonds. The highest BCUT2D eigenvalue weighted by atomic mass is 32.2. The molecule has 0 aliphatic carbocycles. The van der Waals surface area contributed by atoms with E-state index in [9.17, 15) is 13.5 Å². The standard InChI is InChI=1S/C12H16O5S/c1-4-18(14,15)17-8-5-6-10-9(7-8)12(2,3)11(13)16-10/h5-7,11,13H,4H2,1-3H3. The Kier molecular flexibility index (Phi) is 3.03. The van der Waals surface area contributed by atoms with Gasteiger partial charge in [-0.25, -0.2) is 0 Å². The second-order valence-corrected chi connectivity index (χ2v) is 6.64. The Morgan fingerprint density at radius 2 is 2.11 bits per heavy atom. The first-order chi connectivity index (χ1) is 8.26. The fraction of sp³-hybridized carbons (Fsp3) is 0.500. The predicted octanol–water partition coefficient (Wildman–Crippen LogP) is 1.40. The fourth-order valence-electron chi connectivity index (χ4n) is 1.77. The van der Waals surface area contributed by atoms with Crippen LogP contribution in [0.4, 0.5) is 0 Å². The second kappa shape index (κ2) is 4.13. The molecular formula is C12H16O5S. The number of aliphatic hydroxyl groups excluding tert-OH is 1. The molecule has 0 fully saturated rings. The second-order valence-electron chi connectivity index (χ2n) is 4.78. The Hall–Kier alpha value is -1.27. The van der Waals surface area contributed by atoms with E-state index < -0.39 is 21.8 Å². The number of hydrogen-bond acceptors (Lipinski definition) is 5. The lowest BCUT2D eigenvalue weighted by Crippen LogP contribution is -2.31. The van der Waals surface area contributed by atoms with Gasteiger partial charge in [-0.3, -0.25) is 0 Å². The number of rotatable bonds is 3. The Labute approximate surface area is 106 Å². The van der Waals surface area contributed by atoms with Crippen LogP contribution in [-0.4, -0.2) is 25.6 Å². The van der Waals surface area contributed by atoms with Crippen molar-refractivity contribution >= 4 is 10.1 Å². The lowest BCUT2D eigenvalue weighted by atomic mass is 9.85. The molecule has 18 heavy (non-hydrogen) atoms. The van der Waals surface area contributed by atoms with Crippen LogP contribution < -0.4 is 8.92 Å². The highest BCUT2D eigenvalue weighted by Gasteiger charge is 2.40. The van der Waals surface area contributed by atoms with Gasteiger partial charge < -0.3 is 14.0 Å². The number of ether oxygens (including phenoxy) is 1. The molecule has 100 valence electrons. The molecule has 1 unspecified atom stereocenters. The van der Waals surface area contributed by atoms with E-state index in [0.29, 0.717) is 5.75 Å². The minimum Gasteiger partial charge on any atom is -0.464 e. The van der Waals surface area contributed by atoms with Crippen molar-refractivity contribution in [1.82, 2.24) is 0 Å². The van der Waals surface area contributed by atoms with Crippen LogP contribution in [0.1, 0.15) is 26.3 Å². The predicted molar refractivity (Wildman–Crippen MR) is 66.2 cm³/mol. The maximum absolute atomic E-state index is 11.4. The average Bonchev–Trinajstić information content (AvgIpc) is 2.51. The quantitative estimate of drug-likeness (QED) is 0.842. The van der Waals surface area contributed by atoms with Gasteiger partial charge in [-0.1, -0.05) is 0 Å². The molecule has 1 aliphatic rings. The summed E-state index contributed by atoms with van der Waals surface area (Å²) in [5, 5.41) is 9.77. The maximum Gasteiger partial charge on any atom is 0.308 e. The van der Waals surface area contributed by atoms with Crippen LogP contribution in [-0.2, 0) is 15.5 Å². The monoisotopic (exact) mass is 272 g/mol. The van der Waals surface area contributed by atoms with Crippen molar-refractivity contribution in [2.75, 3.05) is 5.75 Å². The third-order valence-electron chi connectivity index (χ3n) is 3.08. The van der Waals surface area contributed by atoms with Crippen LogP contribution in [0, 0.1) is 0 Å². The van der Waals surface area contributed by atoms with Crippen LogP contribution in [0.3, 0.4) is 0 Å². The number of hydrogen-bond donors (Lipinski definition) is 1. The molecule has 0 aromatic heterocycles. The van der Waals surface area contributed by atoms with Crippen LogP contribution in [0.15, 0.2) is 18.2 Å². The molecule has 0 saturated carbocycles. The zero-order valence-electron chi connectivity index (χ0n) is 10.5. The Balaban J connectivity index is 2.38. The number of benzene rings is 1. The van der Waals surface area contributed by atoms with Gasteiger partial charge >= 0.3 is 10.1 Å². The van der Waals surface area contributed by atoms with Gasteiger partial charge in [0.05, 0.1) is 11.2 Å². The van der Waals surface area contributed by atoms with Crippen LogP contribution >= 0.6 is 0 Å². The van der Waals surface area contributed by atoms with Gasteiger partial charge in [0.2, 0.25) is 6.29 Å². The van der Waals surface area contributed by atoms with E-state index >= 15 is 0 Å². The lowest BCUT2D eigenvalue weighted by Gasteiger charge is -2.20. The molecule has 0 saturated heterocycles. The van der Waals surface area contributed by atoms with Gasteiger partial charge in [0.25, 0.3) is 0 Å². The first kappa shape index (κ1) is 13.2. The smallest absolute Gasteiger partial charge is 0.308 e. The molecule has 1 atom stereocenters. The first-order valence-corrected chi connectivity index (χ1v) is 7.25. The van der Waals surface area contributed by atoms with Crippen LogP contribution in [0.5, 0.6) is 11.5 Å². The van der Waals surface area contributed by atoms with Gasteiger partial charge in [-0.15, -0.1) is 0 Å². The summed E-state index contributed by atoms with van der Waals surface area (Å²) in [5.74, 6) is 0.696. The summed E-state index contributed by atoms with van der Waals surface area (Å²) in [6, 6.07) is 4.72. The lowest BCUT2D eigenvalue weighted by molar-refractivity contribution is -0.0450. The molecule has 1 aliphatic heterocycles. The average molecular weight is 272 g/mol. The Morgan fingerprint density at radius 1 is 1.44 bits per heavy atom. The summed E-state index contributed by atoms with van der Waals surface area (Å²) < 4.78 is 33.0. The van der Waals surface area contributed by atoms with Gasteiger partial charge in [0, 0.05) is 5.56 Å². The third-order valence-corrected chi connectivity index (χ3v) is 4.23. The van der Waals surface area contributed by atoms with Crippen molar-refractivity contribution in [2.24, 2.45) is 0 Å². The highest BCUT2D eigenvalue weighted by Crippen LogP contribution is 2.43. The number of aliphatic hydroxyl groups is 1. The molecule has 6 heteroatoms. The molecular weight excluding hydrogens is 256 g/mol. The molecule has 1 N–H and O–H groups in total. The molecule has 0 bridgehead atoms. The zero-order chi connectivity index (χ0) is 13.6. The van der Waals surface area contributed by atoms with E-state index in [0.717, 1.165) is 5.56 Å². The molecule has 0 radical (unpaired) electrons.